The number of carbonyl (C=O) groups is 1. The Labute approximate surface area is 182 Å². The van der Waals surface area contributed by atoms with Gasteiger partial charge in [0.25, 0.3) is 5.91 Å². The van der Waals surface area contributed by atoms with Crippen LogP contribution < -0.4 is 21.7 Å². The second-order valence-electron chi connectivity index (χ2n) is 7.54. The van der Waals surface area contributed by atoms with Gasteiger partial charge in [-0.3, -0.25) is 9.78 Å². The molecule has 31 heavy (non-hydrogen) atoms. The third-order valence-electron chi connectivity index (χ3n) is 5.35. The molecule has 5 N–H and O–H groups in total. The molecule has 1 aliphatic heterocycles. The zero-order chi connectivity index (χ0) is 21.4. The number of nitrogens with one attached hydrogen (secondary N) is 1. The first-order chi connectivity index (χ1) is 15.1. The van der Waals surface area contributed by atoms with Crippen molar-refractivity contribution in [3.05, 3.63) is 54.9 Å². The van der Waals surface area contributed by atoms with Crippen LogP contribution in [0.25, 0.3) is 16.2 Å². The Morgan fingerprint density at radius 2 is 2.16 bits per heavy atom. The Bertz CT molecular complexity index is 1250. The number of nitrogen functional groups attached to an aromatic ring is 1. The molecular weight excluding hydrogens is 412 g/mol. The number of hydrogen-bond donors (Lipinski definition) is 3. The number of anilines is 3. The second kappa shape index (κ2) is 7.97. The average Bonchev–Trinajstić information content (AvgIpc) is 3.40. The molecule has 0 spiro atoms. The highest BCUT2D eigenvalue weighted by molar-refractivity contribution is 7.19. The fourth-order valence-electron chi connectivity index (χ4n) is 3.83. The lowest BCUT2D eigenvalue weighted by Crippen LogP contribution is -2.43. The quantitative estimate of drug-likeness (QED) is 0.450. The number of thiazole rings is 1. The van der Waals surface area contributed by atoms with E-state index in [-0.39, 0.29) is 17.6 Å². The molecular formula is C21H22N8OS. The van der Waals surface area contributed by atoms with Crippen molar-refractivity contribution in [2.24, 2.45) is 5.73 Å². The number of aromatic nitrogens is 4. The first-order valence-corrected chi connectivity index (χ1v) is 10.9. The van der Waals surface area contributed by atoms with E-state index in [4.69, 9.17) is 11.5 Å². The zero-order valence-electron chi connectivity index (χ0n) is 16.7. The van der Waals surface area contributed by atoms with Gasteiger partial charge < -0.3 is 26.1 Å². The summed E-state index contributed by atoms with van der Waals surface area (Å²) < 4.78 is 1.90. The molecule has 5 heterocycles. The fourth-order valence-corrected chi connectivity index (χ4v) is 4.65. The summed E-state index contributed by atoms with van der Waals surface area (Å²) in [6.45, 7) is 1.63. The van der Waals surface area contributed by atoms with Gasteiger partial charge in [-0.25, -0.2) is 9.97 Å². The highest BCUT2D eigenvalue weighted by atomic mass is 32.1. The molecule has 0 aliphatic carbocycles. The molecule has 0 aromatic carbocycles. The van der Waals surface area contributed by atoms with Crippen molar-refractivity contribution in [3.63, 3.8) is 0 Å². The highest BCUT2D eigenvalue weighted by Gasteiger charge is 2.22. The Balaban J connectivity index is 1.40. The van der Waals surface area contributed by atoms with Gasteiger partial charge in [-0.15, -0.1) is 0 Å². The third kappa shape index (κ3) is 3.82. The molecule has 1 saturated heterocycles. The molecule has 1 aliphatic rings. The van der Waals surface area contributed by atoms with Gasteiger partial charge in [0, 0.05) is 49.5 Å². The topological polar surface area (TPSA) is 127 Å². The molecule has 1 amide bonds. The molecule has 158 valence electrons. The summed E-state index contributed by atoms with van der Waals surface area (Å²) in [6.07, 6.45) is 10.9. The number of imidazole rings is 1. The smallest absolute Gasteiger partial charge is 0.277 e. The molecule has 4 aromatic heterocycles. The highest BCUT2D eigenvalue weighted by Crippen LogP contribution is 2.32. The number of piperidine rings is 1. The zero-order valence-corrected chi connectivity index (χ0v) is 17.5. The first-order valence-electron chi connectivity index (χ1n) is 10.0. The van der Waals surface area contributed by atoms with Gasteiger partial charge in [0.1, 0.15) is 15.7 Å². The van der Waals surface area contributed by atoms with Crippen LogP contribution in [0, 0.1) is 0 Å². The third-order valence-corrected chi connectivity index (χ3v) is 6.28. The molecule has 1 unspecified atom stereocenters. The summed E-state index contributed by atoms with van der Waals surface area (Å²) in [5.41, 5.74) is 15.7. The molecule has 1 fully saturated rings. The molecule has 9 nitrogen and oxygen atoms in total. The summed E-state index contributed by atoms with van der Waals surface area (Å²) in [5.74, 6) is -0.362. The van der Waals surface area contributed by atoms with E-state index >= 15 is 0 Å². The largest absolute Gasteiger partial charge is 0.389 e. The predicted molar refractivity (Wildman–Crippen MR) is 122 cm³/mol. The van der Waals surface area contributed by atoms with Gasteiger partial charge >= 0.3 is 0 Å². The van der Waals surface area contributed by atoms with E-state index < -0.39 is 0 Å². The summed E-state index contributed by atoms with van der Waals surface area (Å²) in [5, 5.41) is 3.97. The summed E-state index contributed by atoms with van der Waals surface area (Å²) >= 11 is 1.28. The van der Waals surface area contributed by atoms with E-state index in [1.807, 2.05) is 35.0 Å². The minimum atomic E-state index is -0.362. The molecule has 10 heteroatoms. The predicted octanol–water partition coefficient (Wildman–Crippen LogP) is 2.61. The number of nitrogens with two attached hydrogens (primary N) is 2. The molecule has 5 rings (SSSR count). The Hall–Kier alpha value is -3.50. The minimum Gasteiger partial charge on any atom is -0.389 e. The van der Waals surface area contributed by atoms with Crippen molar-refractivity contribution in [1.29, 1.82) is 0 Å². The van der Waals surface area contributed by atoms with Gasteiger partial charge in [-0.1, -0.05) is 11.3 Å². The normalized spacial score (nSPS) is 16.5. The Kier molecular flexibility index (Phi) is 5.00. The number of rotatable bonds is 4. The van der Waals surface area contributed by atoms with E-state index in [9.17, 15) is 4.79 Å². The summed E-state index contributed by atoms with van der Waals surface area (Å²) in [4.78, 5) is 28.1. The van der Waals surface area contributed by atoms with Gasteiger partial charge in [0.15, 0.2) is 5.69 Å². The van der Waals surface area contributed by atoms with Crippen LogP contribution in [0.15, 0.2) is 49.2 Å². The lowest BCUT2D eigenvalue weighted by molar-refractivity contribution is 0.102. The summed E-state index contributed by atoms with van der Waals surface area (Å²) in [6, 6.07) is 5.83. The van der Waals surface area contributed by atoms with Gasteiger partial charge in [0.2, 0.25) is 0 Å². The number of carbonyl (C=O) groups excluding carboxylic acids is 1. The van der Waals surface area contributed by atoms with Crippen LogP contribution in [-0.4, -0.2) is 44.4 Å². The lowest BCUT2D eigenvalue weighted by Gasteiger charge is -2.33. The standard InChI is InChI=1S/C21H22N8OS/c22-14-2-1-8-28(12-14)16-5-6-24-10-15(16)26-20(30)18-19(23)31-21(27-18)13-3-4-17-25-7-9-29(17)11-13/h3-7,9-11,14H,1-2,8,12,22-23H2,(H,26,30). The van der Waals surface area contributed by atoms with E-state index in [2.05, 4.69) is 25.2 Å². The van der Waals surface area contributed by atoms with E-state index in [1.165, 1.54) is 11.3 Å². The van der Waals surface area contributed by atoms with Crippen molar-refractivity contribution in [1.82, 2.24) is 19.4 Å². The SMILES string of the molecule is Nc1sc(-c2ccc3nccn3c2)nc1C(=O)Nc1cnccc1N1CCCC(N)C1. The van der Waals surface area contributed by atoms with Crippen LogP contribution in [0.2, 0.25) is 0 Å². The van der Waals surface area contributed by atoms with Crippen molar-refractivity contribution in [2.75, 3.05) is 29.0 Å². The minimum absolute atomic E-state index is 0.120. The van der Waals surface area contributed by atoms with Gasteiger partial charge in [-0.05, 0) is 31.0 Å². The van der Waals surface area contributed by atoms with Gasteiger partial charge in [0.05, 0.1) is 17.6 Å². The van der Waals surface area contributed by atoms with Gasteiger partial charge in [-0.2, -0.15) is 0 Å². The number of fused-ring (bicyclic) bond motifs is 1. The Morgan fingerprint density at radius 1 is 1.26 bits per heavy atom. The van der Waals surface area contributed by atoms with Crippen LogP contribution in [0.5, 0.6) is 0 Å². The molecule has 0 bridgehead atoms. The number of amides is 1. The van der Waals surface area contributed by atoms with Crippen LogP contribution in [0.1, 0.15) is 23.3 Å². The second-order valence-corrected chi connectivity index (χ2v) is 8.57. The number of nitrogens with zero attached hydrogens (tertiary/aromatic N) is 5. The van der Waals surface area contributed by atoms with Crippen molar-refractivity contribution in [2.45, 2.75) is 18.9 Å². The Morgan fingerprint density at radius 3 is 3.03 bits per heavy atom. The lowest BCUT2D eigenvalue weighted by atomic mass is 10.1. The van der Waals surface area contributed by atoms with E-state index in [0.717, 1.165) is 42.8 Å². The molecule has 1 atom stereocenters. The number of pyridine rings is 2. The van der Waals surface area contributed by atoms with Crippen LogP contribution >= 0.6 is 11.3 Å². The maximum atomic E-state index is 13.0. The van der Waals surface area contributed by atoms with Crippen LogP contribution in [-0.2, 0) is 0 Å². The van der Waals surface area contributed by atoms with Crippen LogP contribution in [0.4, 0.5) is 16.4 Å². The first kappa shape index (κ1) is 19.5. The molecule has 4 aromatic rings. The van der Waals surface area contributed by atoms with E-state index in [0.29, 0.717) is 15.7 Å². The van der Waals surface area contributed by atoms with Crippen LogP contribution in [0.3, 0.4) is 0 Å². The maximum absolute atomic E-state index is 13.0. The molecule has 0 saturated carbocycles. The summed E-state index contributed by atoms with van der Waals surface area (Å²) in [7, 11) is 0. The van der Waals surface area contributed by atoms with Crippen molar-refractivity contribution < 1.29 is 4.79 Å². The monoisotopic (exact) mass is 434 g/mol. The van der Waals surface area contributed by atoms with Crippen molar-refractivity contribution >= 4 is 39.3 Å². The average molecular weight is 435 g/mol. The maximum Gasteiger partial charge on any atom is 0.277 e. The fraction of sp³-hybridized carbons (Fsp3) is 0.238. The number of hydrogen-bond acceptors (Lipinski definition) is 8. The van der Waals surface area contributed by atoms with Crippen molar-refractivity contribution in [3.8, 4) is 10.6 Å². The van der Waals surface area contributed by atoms with E-state index in [1.54, 1.807) is 18.6 Å². The molecule has 0 radical (unpaired) electrons.